The number of nitrogens with zero attached hydrogens (tertiary/aromatic N) is 1. The molecule has 2 aromatic rings. The average molecular weight is 274 g/mol. The third-order valence-electron chi connectivity index (χ3n) is 2.89. The van der Waals surface area contributed by atoms with Gasteiger partial charge in [0.15, 0.2) is 11.5 Å². The van der Waals surface area contributed by atoms with Crippen molar-refractivity contribution in [1.82, 2.24) is 15.5 Å². The maximum atomic E-state index is 11.6. The van der Waals surface area contributed by atoms with E-state index in [2.05, 4.69) is 20.8 Å². The van der Waals surface area contributed by atoms with Gasteiger partial charge in [0.2, 0.25) is 6.79 Å². The van der Waals surface area contributed by atoms with E-state index in [4.69, 9.17) is 9.47 Å². The molecule has 104 valence electrons. The van der Waals surface area contributed by atoms with E-state index in [1.54, 1.807) is 6.20 Å². The standard InChI is InChI=1S/C13H14N4O3/c18-13(17-10-6-15-16-7-10)14-4-3-9-1-2-11-12(5-9)20-8-19-11/h1-2,5-7H,3-4,8H2,(H,15,16)(H2,14,17,18). The van der Waals surface area contributed by atoms with Crippen LogP contribution in [0, 0.1) is 0 Å². The molecule has 0 saturated carbocycles. The summed E-state index contributed by atoms with van der Waals surface area (Å²) in [6.45, 7) is 0.799. The Morgan fingerprint density at radius 1 is 1.35 bits per heavy atom. The predicted octanol–water partition coefficient (Wildman–Crippen LogP) is 1.50. The van der Waals surface area contributed by atoms with Crippen molar-refractivity contribution in [2.45, 2.75) is 6.42 Å². The summed E-state index contributed by atoms with van der Waals surface area (Å²) in [4.78, 5) is 11.6. The topological polar surface area (TPSA) is 88.3 Å². The van der Waals surface area contributed by atoms with E-state index in [1.807, 2.05) is 18.2 Å². The summed E-state index contributed by atoms with van der Waals surface area (Å²) >= 11 is 0. The second kappa shape index (κ2) is 5.52. The Morgan fingerprint density at radius 2 is 2.25 bits per heavy atom. The monoisotopic (exact) mass is 274 g/mol. The molecule has 2 amide bonds. The van der Waals surface area contributed by atoms with Gasteiger partial charge in [0.25, 0.3) is 0 Å². The van der Waals surface area contributed by atoms with Gasteiger partial charge in [-0.25, -0.2) is 4.79 Å². The second-order valence-electron chi connectivity index (χ2n) is 4.31. The van der Waals surface area contributed by atoms with Gasteiger partial charge in [-0.3, -0.25) is 5.10 Å². The molecule has 0 unspecified atom stereocenters. The molecule has 0 spiro atoms. The Morgan fingerprint density at radius 3 is 3.10 bits per heavy atom. The minimum Gasteiger partial charge on any atom is -0.454 e. The van der Waals surface area contributed by atoms with Crippen LogP contribution in [0.2, 0.25) is 0 Å². The molecule has 3 N–H and O–H groups in total. The number of rotatable bonds is 4. The third-order valence-corrected chi connectivity index (χ3v) is 2.89. The number of amides is 2. The van der Waals surface area contributed by atoms with Crippen molar-refractivity contribution in [2.75, 3.05) is 18.7 Å². The Balaban J connectivity index is 1.46. The number of ether oxygens (including phenoxy) is 2. The number of nitrogens with one attached hydrogen (secondary N) is 3. The Hall–Kier alpha value is -2.70. The van der Waals surface area contributed by atoms with Gasteiger partial charge in [0.05, 0.1) is 11.9 Å². The molecular weight excluding hydrogens is 260 g/mol. The van der Waals surface area contributed by atoms with E-state index >= 15 is 0 Å². The zero-order valence-corrected chi connectivity index (χ0v) is 10.7. The van der Waals surface area contributed by atoms with Crippen LogP contribution in [0.25, 0.3) is 0 Å². The van der Waals surface area contributed by atoms with E-state index < -0.39 is 0 Å². The second-order valence-corrected chi connectivity index (χ2v) is 4.31. The summed E-state index contributed by atoms with van der Waals surface area (Å²) < 4.78 is 10.5. The van der Waals surface area contributed by atoms with Crippen LogP contribution >= 0.6 is 0 Å². The fourth-order valence-corrected chi connectivity index (χ4v) is 1.91. The molecule has 3 rings (SSSR count). The Bertz CT molecular complexity index is 598. The van der Waals surface area contributed by atoms with Crippen LogP contribution < -0.4 is 20.1 Å². The maximum absolute atomic E-state index is 11.6. The highest BCUT2D eigenvalue weighted by molar-refractivity contribution is 5.88. The van der Waals surface area contributed by atoms with Gasteiger partial charge in [-0.05, 0) is 24.1 Å². The highest BCUT2D eigenvalue weighted by Gasteiger charge is 2.13. The van der Waals surface area contributed by atoms with Crippen LogP contribution in [-0.4, -0.2) is 29.6 Å². The molecule has 0 saturated heterocycles. The van der Waals surface area contributed by atoms with Crippen LogP contribution in [0.5, 0.6) is 11.5 Å². The molecule has 1 aliphatic heterocycles. The van der Waals surface area contributed by atoms with Crippen LogP contribution in [0.4, 0.5) is 10.5 Å². The van der Waals surface area contributed by atoms with Crippen molar-refractivity contribution in [1.29, 1.82) is 0 Å². The van der Waals surface area contributed by atoms with E-state index in [0.717, 1.165) is 23.5 Å². The van der Waals surface area contributed by atoms with Gasteiger partial charge in [-0.1, -0.05) is 6.07 Å². The number of aromatic nitrogens is 2. The normalized spacial score (nSPS) is 12.2. The fourth-order valence-electron chi connectivity index (χ4n) is 1.91. The molecule has 7 nitrogen and oxygen atoms in total. The lowest BCUT2D eigenvalue weighted by Gasteiger charge is -2.06. The Labute approximate surface area is 115 Å². The number of benzene rings is 1. The van der Waals surface area contributed by atoms with E-state index in [-0.39, 0.29) is 12.8 Å². The minimum absolute atomic E-state index is 0.257. The first-order valence-corrected chi connectivity index (χ1v) is 6.23. The highest BCUT2D eigenvalue weighted by atomic mass is 16.7. The van der Waals surface area contributed by atoms with E-state index in [9.17, 15) is 4.79 Å². The quantitative estimate of drug-likeness (QED) is 0.788. The lowest BCUT2D eigenvalue weighted by Crippen LogP contribution is -2.30. The number of fused-ring (bicyclic) bond motifs is 1. The lowest BCUT2D eigenvalue weighted by molar-refractivity contribution is 0.174. The van der Waals surface area contributed by atoms with Crippen molar-refractivity contribution in [3.63, 3.8) is 0 Å². The van der Waals surface area contributed by atoms with Crippen LogP contribution in [-0.2, 0) is 6.42 Å². The molecule has 2 heterocycles. The van der Waals surface area contributed by atoms with Gasteiger partial charge in [-0.2, -0.15) is 5.10 Å². The molecule has 0 fully saturated rings. The SMILES string of the molecule is O=C(NCCc1ccc2c(c1)OCO2)Nc1cn[nH]c1. The van der Waals surface area contributed by atoms with Crippen molar-refractivity contribution >= 4 is 11.7 Å². The number of aromatic amines is 1. The molecule has 1 aliphatic rings. The number of anilines is 1. The van der Waals surface area contributed by atoms with Crippen molar-refractivity contribution in [3.05, 3.63) is 36.2 Å². The number of carbonyl (C=O) groups excluding carboxylic acids is 1. The van der Waals surface area contributed by atoms with Gasteiger partial charge < -0.3 is 20.1 Å². The number of hydrogen-bond acceptors (Lipinski definition) is 4. The smallest absolute Gasteiger partial charge is 0.319 e. The summed E-state index contributed by atoms with van der Waals surface area (Å²) in [6, 6.07) is 5.51. The molecule has 7 heteroatoms. The van der Waals surface area contributed by atoms with Gasteiger partial charge >= 0.3 is 6.03 Å². The zero-order chi connectivity index (χ0) is 13.8. The maximum Gasteiger partial charge on any atom is 0.319 e. The number of carbonyl (C=O) groups is 1. The zero-order valence-electron chi connectivity index (χ0n) is 10.7. The first kappa shape index (κ1) is 12.3. The lowest BCUT2D eigenvalue weighted by atomic mass is 10.1. The molecule has 0 atom stereocenters. The average Bonchev–Trinajstić information content (AvgIpc) is 3.09. The fraction of sp³-hybridized carbons (Fsp3) is 0.231. The van der Waals surface area contributed by atoms with Gasteiger partial charge in [0.1, 0.15) is 0 Å². The predicted molar refractivity (Wildman–Crippen MR) is 71.9 cm³/mol. The molecular formula is C13H14N4O3. The summed E-state index contributed by atoms with van der Waals surface area (Å²) in [6.07, 6.45) is 3.87. The summed E-state index contributed by atoms with van der Waals surface area (Å²) in [5.41, 5.74) is 1.71. The summed E-state index contributed by atoms with van der Waals surface area (Å²) in [5, 5.41) is 11.8. The molecule has 1 aromatic heterocycles. The highest BCUT2D eigenvalue weighted by Crippen LogP contribution is 2.32. The van der Waals surface area contributed by atoms with E-state index in [0.29, 0.717) is 12.2 Å². The molecule has 0 bridgehead atoms. The van der Waals surface area contributed by atoms with Gasteiger partial charge in [0, 0.05) is 12.7 Å². The number of H-pyrrole nitrogens is 1. The molecule has 1 aromatic carbocycles. The minimum atomic E-state index is -0.257. The molecule has 0 aliphatic carbocycles. The van der Waals surface area contributed by atoms with Gasteiger partial charge in [-0.15, -0.1) is 0 Å². The number of urea groups is 1. The van der Waals surface area contributed by atoms with Crippen molar-refractivity contribution < 1.29 is 14.3 Å². The van der Waals surface area contributed by atoms with E-state index in [1.165, 1.54) is 6.20 Å². The third kappa shape index (κ3) is 2.82. The summed E-state index contributed by atoms with van der Waals surface area (Å²) in [5.74, 6) is 1.52. The molecule has 20 heavy (non-hydrogen) atoms. The first-order chi connectivity index (χ1) is 9.81. The van der Waals surface area contributed by atoms with Crippen molar-refractivity contribution in [3.8, 4) is 11.5 Å². The first-order valence-electron chi connectivity index (χ1n) is 6.23. The van der Waals surface area contributed by atoms with Crippen LogP contribution in [0.15, 0.2) is 30.6 Å². The summed E-state index contributed by atoms with van der Waals surface area (Å²) in [7, 11) is 0. The number of hydrogen-bond donors (Lipinski definition) is 3. The largest absolute Gasteiger partial charge is 0.454 e. The van der Waals surface area contributed by atoms with Crippen LogP contribution in [0.1, 0.15) is 5.56 Å². The Kier molecular flexibility index (Phi) is 3.40. The molecule has 0 radical (unpaired) electrons. The van der Waals surface area contributed by atoms with Crippen LogP contribution in [0.3, 0.4) is 0 Å². The van der Waals surface area contributed by atoms with Crippen molar-refractivity contribution in [2.24, 2.45) is 0 Å².